The highest BCUT2D eigenvalue weighted by molar-refractivity contribution is 5.82. The highest BCUT2D eigenvalue weighted by Gasteiger charge is 2.57. The summed E-state index contributed by atoms with van der Waals surface area (Å²) in [5, 5.41) is 5.72. The van der Waals surface area contributed by atoms with E-state index in [9.17, 15) is 22.4 Å². The van der Waals surface area contributed by atoms with Crippen LogP contribution < -0.4 is 15.4 Å². The second kappa shape index (κ2) is 6.78. The van der Waals surface area contributed by atoms with Crippen LogP contribution in [-0.4, -0.2) is 36.8 Å². The Labute approximate surface area is 142 Å². The maximum absolute atomic E-state index is 14.2. The van der Waals surface area contributed by atoms with E-state index in [1.165, 1.54) is 7.11 Å². The third-order valence-corrected chi connectivity index (χ3v) is 4.63. The van der Waals surface area contributed by atoms with Gasteiger partial charge in [-0.15, -0.1) is 0 Å². The van der Waals surface area contributed by atoms with E-state index in [2.05, 4.69) is 15.6 Å². The maximum Gasteiger partial charge on any atom is 0.392 e. The Balaban J connectivity index is 1.70. The average molecular weight is 361 g/mol. The molecule has 1 aliphatic heterocycles. The number of aromatic nitrogens is 1. The highest BCUT2D eigenvalue weighted by atomic mass is 19.4. The van der Waals surface area contributed by atoms with Gasteiger partial charge in [-0.1, -0.05) is 0 Å². The van der Waals surface area contributed by atoms with Gasteiger partial charge in [-0.05, 0) is 31.9 Å². The molecule has 5 nitrogen and oxygen atoms in total. The van der Waals surface area contributed by atoms with Gasteiger partial charge in [0.25, 0.3) is 0 Å². The molecule has 3 rings (SSSR count). The summed E-state index contributed by atoms with van der Waals surface area (Å²) >= 11 is 0. The van der Waals surface area contributed by atoms with Crippen LogP contribution in [0.4, 0.5) is 17.6 Å². The number of amides is 1. The van der Waals surface area contributed by atoms with E-state index in [1.54, 1.807) is 0 Å². The lowest BCUT2D eigenvalue weighted by Gasteiger charge is -2.14. The van der Waals surface area contributed by atoms with Crippen molar-refractivity contribution in [2.45, 2.75) is 43.9 Å². The molecular formula is C16H19F4N3O2. The summed E-state index contributed by atoms with van der Waals surface area (Å²) in [4.78, 5) is 15.9. The van der Waals surface area contributed by atoms with Gasteiger partial charge in [-0.3, -0.25) is 4.79 Å². The third kappa shape index (κ3) is 3.86. The predicted molar refractivity (Wildman–Crippen MR) is 80.5 cm³/mol. The number of halogens is 4. The second-order valence-corrected chi connectivity index (χ2v) is 6.38. The van der Waals surface area contributed by atoms with Crippen molar-refractivity contribution in [3.63, 3.8) is 0 Å². The Hall–Kier alpha value is -1.90. The van der Waals surface area contributed by atoms with Gasteiger partial charge in [0.2, 0.25) is 11.8 Å². The standard InChI is InChI=1S/C16H19F4N3O2/c1-25-15-8(7-22-14(24)12-3-2-4-21-12)5-11(17)13(23-15)9-6-10(9)16(18,19)20/h5,9-10,12,21H,2-4,6-7H2,1H3,(H,22,24)/t9?,10?,12-/m0/s1. The van der Waals surface area contributed by atoms with Gasteiger partial charge in [-0.25, -0.2) is 9.37 Å². The number of methoxy groups -OCH3 is 1. The largest absolute Gasteiger partial charge is 0.481 e. The van der Waals surface area contributed by atoms with Crippen molar-refractivity contribution >= 4 is 5.91 Å². The summed E-state index contributed by atoms with van der Waals surface area (Å²) in [6, 6.07) is 0.817. The van der Waals surface area contributed by atoms with Crippen LogP contribution in [0, 0.1) is 11.7 Å². The van der Waals surface area contributed by atoms with Crippen LogP contribution >= 0.6 is 0 Å². The highest BCUT2D eigenvalue weighted by Crippen LogP contribution is 2.56. The monoisotopic (exact) mass is 361 g/mol. The fourth-order valence-electron chi connectivity index (χ4n) is 3.16. The molecule has 0 spiro atoms. The average Bonchev–Trinajstić information content (AvgIpc) is 3.18. The van der Waals surface area contributed by atoms with Gasteiger partial charge >= 0.3 is 6.18 Å². The van der Waals surface area contributed by atoms with Crippen molar-refractivity contribution in [2.24, 2.45) is 5.92 Å². The summed E-state index contributed by atoms with van der Waals surface area (Å²) in [7, 11) is 1.31. The van der Waals surface area contributed by atoms with Gasteiger partial charge < -0.3 is 15.4 Å². The smallest absolute Gasteiger partial charge is 0.392 e. The Morgan fingerprint density at radius 1 is 1.48 bits per heavy atom. The molecule has 1 amide bonds. The lowest BCUT2D eigenvalue weighted by atomic mass is 10.1. The number of hydrogen-bond donors (Lipinski definition) is 2. The number of alkyl halides is 3. The number of carbonyl (C=O) groups excluding carboxylic acids is 1. The van der Waals surface area contributed by atoms with E-state index < -0.39 is 23.8 Å². The fraction of sp³-hybridized carbons (Fsp3) is 0.625. The molecule has 1 aliphatic carbocycles. The zero-order valence-corrected chi connectivity index (χ0v) is 13.6. The molecule has 1 saturated carbocycles. The normalized spacial score (nSPS) is 25.7. The van der Waals surface area contributed by atoms with E-state index in [-0.39, 0.29) is 36.5 Å². The molecule has 0 bridgehead atoms. The zero-order valence-electron chi connectivity index (χ0n) is 13.6. The van der Waals surface area contributed by atoms with Crippen LogP contribution in [-0.2, 0) is 11.3 Å². The van der Waals surface area contributed by atoms with E-state index in [0.717, 1.165) is 25.5 Å². The van der Waals surface area contributed by atoms with Gasteiger partial charge in [0.1, 0.15) is 5.82 Å². The van der Waals surface area contributed by atoms with Crippen molar-refractivity contribution in [3.05, 3.63) is 23.1 Å². The number of ether oxygens (including phenoxy) is 1. The Bertz CT molecular complexity index is 660. The molecule has 2 fully saturated rings. The molecule has 25 heavy (non-hydrogen) atoms. The molecule has 0 radical (unpaired) electrons. The number of nitrogens with zero attached hydrogens (tertiary/aromatic N) is 1. The maximum atomic E-state index is 14.2. The second-order valence-electron chi connectivity index (χ2n) is 6.38. The Morgan fingerprint density at radius 2 is 2.24 bits per heavy atom. The molecule has 138 valence electrons. The summed E-state index contributed by atoms with van der Waals surface area (Å²) in [5.41, 5.74) is 0.0611. The molecule has 1 aromatic rings. The summed E-state index contributed by atoms with van der Waals surface area (Å²) in [5.74, 6) is -3.51. The first kappa shape index (κ1) is 17.9. The molecule has 1 aromatic heterocycles. The van der Waals surface area contributed by atoms with E-state index in [4.69, 9.17) is 4.74 Å². The molecular weight excluding hydrogens is 342 g/mol. The van der Waals surface area contributed by atoms with Crippen molar-refractivity contribution < 1.29 is 27.1 Å². The van der Waals surface area contributed by atoms with Gasteiger partial charge in [0.05, 0.1) is 24.8 Å². The van der Waals surface area contributed by atoms with Crippen LogP contribution in [0.3, 0.4) is 0 Å². The first-order valence-corrected chi connectivity index (χ1v) is 8.12. The molecule has 0 aromatic carbocycles. The minimum absolute atomic E-state index is 0.00223. The molecule has 3 atom stereocenters. The number of rotatable bonds is 5. The lowest BCUT2D eigenvalue weighted by Crippen LogP contribution is -2.40. The van der Waals surface area contributed by atoms with Crippen molar-refractivity contribution in [1.29, 1.82) is 0 Å². The summed E-state index contributed by atoms with van der Waals surface area (Å²) < 4.78 is 57.4. The van der Waals surface area contributed by atoms with Gasteiger partial charge in [0, 0.05) is 18.0 Å². The molecule has 1 saturated heterocycles. The minimum Gasteiger partial charge on any atom is -0.481 e. The number of pyridine rings is 1. The Morgan fingerprint density at radius 3 is 2.80 bits per heavy atom. The molecule has 2 aliphatic rings. The summed E-state index contributed by atoms with van der Waals surface area (Å²) in [6.45, 7) is 0.770. The molecule has 9 heteroatoms. The number of carbonyl (C=O) groups is 1. The zero-order chi connectivity index (χ0) is 18.2. The minimum atomic E-state index is -4.35. The molecule has 2 unspecified atom stereocenters. The van der Waals surface area contributed by atoms with Gasteiger partial charge in [0.15, 0.2) is 0 Å². The van der Waals surface area contributed by atoms with Crippen molar-refractivity contribution in [2.75, 3.05) is 13.7 Å². The molecule has 2 N–H and O–H groups in total. The SMILES string of the molecule is COc1nc(C2CC2C(F)(F)F)c(F)cc1CNC(=O)[C@@H]1CCCN1. The van der Waals surface area contributed by atoms with Crippen LogP contribution in [0.25, 0.3) is 0 Å². The van der Waals surface area contributed by atoms with Gasteiger partial charge in [-0.2, -0.15) is 13.2 Å². The number of hydrogen-bond acceptors (Lipinski definition) is 4. The Kier molecular flexibility index (Phi) is 4.86. The predicted octanol–water partition coefficient (Wildman–Crippen LogP) is 2.26. The van der Waals surface area contributed by atoms with Crippen LogP contribution in [0.1, 0.15) is 36.4 Å². The first-order chi connectivity index (χ1) is 11.8. The lowest BCUT2D eigenvalue weighted by molar-refractivity contribution is -0.148. The summed E-state index contributed by atoms with van der Waals surface area (Å²) in [6.07, 6.45) is -2.88. The van der Waals surface area contributed by atoms with Crippen LogP contribution in [0.15, 0.2) is 6.07 Å². The van der Waals surface area contributed by atoms with Crippen molar-refractivity contribution in [3.8, 4) is 5.88 Å². The topological polar surface area (TPSA) is 63.2 Å². The van der Waals surface area contributed by atoms with E-state index in [1.807, 2.05) is 0 Å². The molecule has 2 heterocycles. The van der Waals surface area contributed by atoms with E-state index in [0.29, 0.717) is 5.56 Å². The van der Waals surface area contributed by atoms with Crippen LogP contribution in [0.2, 0.25) is 0 Å². The third-order valence-electron chi connectivity index (χ3n) is 4.63. The fourth-order valence-corrected chi connectivity index (χ4v) is 3.16. The van der Waals surface area contributed by atoms with Crippen LogP contribution in [0.5, 0.6) is 5.88 Å². The van der Waals surface area contributed by atoms with Crippen molar-refractivity contribution in [1.82, 2.24) is 15.6 Å². The number of nitrogens with one attached hydrogen (secondary N) is 2. The quantitative estimate of drug-likeness (QED) is 0.790. The van der Waals surface area contributed by atoms with E-state index >= 15 is 0 Å². The first-order valence-electron chi connectivity index (χ1n) is 8.12.